The maximum absolute atomic E-state index is 13.4. The third kappa shape index (κ3) is 3.29. The number of nitrogens with two attached hydrogens (primary N) is 1. The first kappa shape index (κ1) is 15.1. The molecule has 1 heterocycles. The number of nitrogen functional groups attached to an aromatic ring is 1. The van der Waals surface area contributed by atoms with Crippen molar-refractivity contribution in [3.8, 4) is 0 Å². The molecule has 0 aliphatic rings. The first-order valence-electron chi connectivity index (χ1n) is 4.95. The van der Waals surface area contributed by atoms with E-state index in [2.05, 4.69) is 4.98 Å². The third-order valence-electron chi connectivity index (χ3n) is 2.14. The van der Waals surface area contributed by atoms with Gasteiger partial charge in [-0.2, -0.15) is 13.8 Å². The van der Waals surface area contributed by atoms with Gasteiger partial charge in [0.2, 0.25) is 0 Å². The molecule has 0 unspecified atom stereocenters. The molecule has 0 aromatic carbocycles. The minimum atomic E-state index is -4.17. The van der Waals surface area contributed by atoms with Crippen molar-refractivity contribution in [1.29, 1.82) is 0 Å². The molecule has 1 atom stereocenters. The smallest absolute Gasteiger partial charge is 0.356 e. The molecule has 0 spiro atoms. The van der Waals surface area contributed by atoms with Gasteiger partial charge in [-0.15, -0.1) is 0 Å². The van der Waals surface area contributed by atoms with E-state index in [0.717, 1.165) is 0 Å². The predicted octanol–water partition coefficient (Wildman–Crippen LogP) is -1.02. The van der Waals surface area contributed by atoms with Crippen molar-refractivity contribution in [1.82, 2.24) is 9.55 Å². The lowest BCUT2D eigenvalue weighted by Crippen LogP contribution is -2.43. The van der Waals surface area contributed by atoms with Crippen LogP contribution >= 0.6 is 0 Å². The minimum Gasteiger partial charge on any atom is -0.394 e. The van der Waals surface area contributed by atoms with Crippen LogP contribution in [-0.2, 0) is 0 Å². The lowest BCUT2D eigenvalue weighted by atomic mass is 10.1. The molecule has 7 nitrogen and oxygen atoms in total. The average molecular weight is 281 g/mol. The van der Waals surface area contributed by atoms with Crippen molar-refractivity contribution in [2.24, 2.45) is 0 Å². The molecule has 4 N–H and O–H groups in total. The van der Waals surface area contributed by atoms with Crippen LogP contribution in [0.3, 0.4) is 0 Å². The number of nitrogens with zero attached hydrogens (tertiary/aromatic N) is 2. The van der Waals surface area contributed by atoms with Gasteiger partial charge < -0.3 is 15.9 Å². The number of rotatable bonds is 4. The molecule has 1 rings (SSSR count). The molecular formula is C9H10F3N3O4. The Morgan fingerprint density at radius 1 is 1.58 bits per heavy atom. The highest BCUT2D eigenvalue weighted by atomic mass is 19.3. The Bertz CT molecular complexity index is 546. The molecule has 0 aliphatic heterocycles. The number of aliphatic hydroxyl groups excluding tert-OH is 2. The highest BCUT2D eigenvalue weighted by Crippen LogP contribution is 2.22. The molecule has 0 amide bonds. The van der Waals surface area contributed by atoms with Gasteiger partial charge in [-0.25, -0.2) is 13.8 Å². The number of carbonyl (C=O) groups excluding carboxylic acids is 1. The number of halogens is 3. The maximum atomic E-state index is 13.4. The third-order valence-corrected chi connectivity index (χ3v) is 2.14. The Morgan fingerprint density at radius 3 is 2.68 bits per heavy atom. The topological polar surface area (TPSA) is 118 Å². The highest BCUT2D eigenvalue weighted by molar-refractivity contribution is 5.85. The zero-order chi connectivity index (χ0) is 14.8. The van der Waals surface area contributed by atoms with E-state index in [0.29, 0.717) is 0 Å². The van der Waals surface area contributed by atoms with Crippen LogP contribution in [0, 0.1) is 5.82 Å². The van der Waals surface area contributed by atoms with Gasteiger partial charge in [0.1, 0.15) is 0 Å². The van der Waals surface area contributed by atoms with Crippen LogP contribution < -0.4 is 11.4 Å². The summed E-state index contributed by atoms with van der Waals surface area (Å²) in [6.07, 6.45) is -3.09. The molecule has 0 bridgehead atoms. The van der Waals surface area contributed by atoms with Gasteiger partial charge in [-0.1, -0.05) is 0 Å². The number of hydrogen-bond donors (Lipinski definition) is 3. The molecule has 0 saturated heterocycles. The molecule has 1 aromatic heterocycles. The summed E-state index contributed by atoms with van der Waals surface area (Å²) in [5.41, 5.74) is 3.46. The molecule has 0 fully saturated rings. The van der Waals surface area contributed by atoms with E-state index >= 15 is 0 Å². The largest absolute Gasteiger partial charge is 0.394 e. The lowest BCUT2D eigenvalue weighted by molar-refractivity contribution is -0.0406. The van der Waals surface area contributed by atoms with Crippen LogP contribution in [0.5, 0.6) is 0 Å². The van der Waals surface area contributed by atoms with E-state index in [-0.39, 0.29) is 10.8 Å². The van der Waals surface area contributed by atoms with Crippen LogP contribution in [0.2, 0.25) is 0 Å². The SMILES string of the molecule is Nc1nc(=O)n(C(=O)C(F)(F)C[C@H](O)CO)cc1F. The summed E-state index contributed by atoms with van der Waals surface area (Å²) < 4.78 is 39.5. The zero-order valence-corrected chi connectivity index (χ0v) is 9.39. The Hall–Kier alpha value is -1.94. The van der Waals surface area contributed by atoms with Crippen LogP contribution in [0.15, 0.2) is 11.0 Å². The first-order chi connectivity index (χ1) is 8.69. The first-order valence-corrected chi connectivity index (χ1v) is 4.95. The van der Waals surface area contributed by atoms with Gasteiger partial charge in [0.25, 0.3) is 0 Å². The molecule has 10 heteroatoms. The summed E-state index contributed by atoms with van der Waals surface area (Å²) >= 11 is 0. The van der Waals surface area contributed by atoms with Gasteiger partial charge in [-0.05, 0) is 0 Å². The molecular weight excluding hydrogens is 271 g/mol. The fourth-order valence-corrected chi connectivity index (χ4v) is 1.21. The minimum absolute atomic E-state index is 0.187. The van der Waals surface area contributed by atoms with Crippen LogP contribution in [0.4, 0.5) is 19.0 Å². The number of anilines is 1. The van der Waals surface area contributed by atoms with Gasteiger partial charge >= 0.3 is 17.5 Å². The Balaban J connectivity index is 3.13. The average Bonchev–Trinajstić information content (AvgIpc) is 2.32. The van der Waals surface area contributed by atoms with E-state index in [1.54, 1.807) is 0 Å². The number of hydrogen-bond acceptors (Lipinski definition) is 6. The van der Waals surface area contributed by atoms with E-state index in [1.807, 2.05) is 0 Å². The van der Waals surface area contributed by atoms with Gasteiger partial charge in [0.05, 0.1) is 18.9 Å². The molecule has 0 radical (unpaired) electrons. The monoisotopic (exact) mass is 281 g/mol. The maximum Gasteiger partial charge on any atom is 0.356 e. The van der Waals surface area contributed by atoms with Gasteiger partial charge in [0.15, 0.2) is 11.6 Å². The van der Waals surface area contributed by atoms with Crippen molar-refractivity contribution in [3.63, 3.8) is 0 Å². The van der Waals surface area contributed by atoms with Crippen LogP contribution in [0.25, 0.3) is 0 Å². The van der Waals surface area contributed by atoms with Gasteiger partial charge in [-0.3, -0.25) is 4.79 Å². The molecule has 19 heavy (non-hydrogen) atoms. The van der Waals surface area contributed by atoms with Crippen LogP contribution in [0.1, 0.15) is 11.2 Å². The number of carbonyl (C=O) groups is 1. The second kappa shape index (κ2) is 5.36. The van der Waals surface area contributed by atoms with Crippen molar-refractivity contribution < 1.29 is 28.2 Å². The number of aliphatic hydroxyl groups is 2. The van der Waals surface area contributed by atoms with Crippen molar-refractivity contribution in [2.45, 2.75) is 18.4 Å². The lowest BCUT2D eigenvalue weighted by Gasteiger charge is -2.17. The number of alkyl halides is 2. The second-order valence-corrected chi connectivity index (χ2v) is 3.68. The highest BCUT2D eigenvalue weighted by Gasteiger charge is 2.42. The van der Waals surface area contributed by atoms with Crippen molar-refractivity contribution in [3.05, 3.63) is 22.5 Å². The summed E-state index contributed by atoms with van der Waals surface area (Å²) in [4.78, 5) is 25.4. The van der Waals surface area contributed by atoms with Crippen LogP contribution in [-0.4, -0.2) is 44.3 Å². The summed E-state index contributed by atoms with van der Waals surface area (Å²) in [5.74, 6) is -8.38. The summed E-state index contributed by atoms with van der Waals surface area (Å²) in [7, 11) is 0. The summed E-state index contributed by atoms with van der Waals surface area (Å²) in [5, 5.41) is 17.3. The Morgan fingerprint density at radius 2 is 2.16 bits per heavy atom. The molecule has 1 aromatic rings. The Kier molecular flexibility index (Phi) is 4.27. The summed E-state index contributed by atoms with van der Waals surface area (Å²) in [6, 6.07) is 0. The predicted molar refractivity (Wildman–Crippen MR) is 56.2 cm³/mol. The van der Waals surface area contributed by atoms with E-state index in [4.69, 9.17) is 15.9 Å². The summed E-state index contributed by atoms with van der Waals surface area (Å²) in [6.45, 7) is -0.994. The quantitative estimate of drug-likeness (QED) is 0.650. The number of aromatic nitrogens is 2. The molecule has 0 saturated carbocycles. The second-order valence-electron chi connectivity index (χ2n) is 3.68. The molecule has 0 aliphatic carbocycles. The van der Waals surface area contributed by atoms with Gasteiger partial charge in [0, 0.05) is 6.42 Å². The standard InChI is InChI=1S/C9H10F3N3O4/c10-5-2-15(8(19)14-6(5)13)7(18)9(11,12)1-4(17)3-16/h2,4,16-17H,1,3H2,(H2,13,14,19)/t4-/m0/s1. The fourth-order valence-electron chi connectivity index (χ4n) is 1.21. The normalized spacial score (nSPS) is 13.3. The van der Waals surface area contributed by atoms with Crippen molar-refractivity contribution in [2.75, 3.05) is 12.3 Å². The zero-order valence-electron chi connectivity index (χ0n) is 9.39. The van der Waals surface area contributed by atoms with E-state index in [9.17, 15) is 22.8 Å². The van der Waals surface area contributed by atoms with Crippen molar-refractivity contribution >= 4 is 11.7 Å². The van der Waals surface area contributed by atoms with E-state index in [1.165, 1.54) is 0 Å². The fraction of sp³-hybridized carbons (Fsp3) is 0.444. The van der Waals surface area contributed by atoms with E-state index < -0.39 is 48.3 Å². The Labute approximate surface area is 104 Å². The molecule has 106 valence electrons.